The molecule has 29 heavy (non-hydrogen) atoms. The highest BCUT2D eigenvalue weighted by Crippen LogP contribution is 2.23. The van der Waals surface area contributed by atoms with Crippen LogP contribution in [0.5, 0.6) is 0 Å². The Morgan fingerprint density at radius 1 is 1.03 bits per heavy atom. The van der Waals surface area contributed by atoms with Gasteiger partial charge in [0, 0.05) is 39.1 Å². The van der Waals surface area contributed by atoms with Crippen LogP contribution in [0, 0.1) is 0 Å². The molecule has 1 atom stereocenters. The lowest BCUT2D eigenvalue weighted by molar-refractivity contribution is -0.117. The van der Waals surface area contributed by atoms with Gasteiger partial charge in [0.1, 0.15) is 0 Å². The van der Waals surface area contributed by atoms with Crippen molar-refractivity contribution in [3.63, 3.8) is 0 Å². The van der Waals surface area contributed by atoms with Crippen LogP contribution in [-0.2, 0) is 24.7 Å². The van der Waals surface area contributed by atoms with Gasteiger partial charge < -0.3 is 5.73 Å². The Balaban J connectivity index is 1.90. The van der Waals surface area contributed by atoms with Gasteiger partial charge in [-0.1, -0.05) is 26.0 Å². The van der Waals surface area contributed by atoms with E-state index in [1.807, 2.05) is 17.0 Å². The minimum atomic E-state index is -3.56. The molecular weight excluding hydrogens is 414 g/mol. The summed E-state index contributed by atoms with van der Waals surface area (Å²) < 4.78 is 51.1. The van der Waals surface area contributed by atoms with E-state index in [4.69, 9.17) is 5.73 Å². The first-order chi connectivity index (χ1) is 13.5. The summed E-state index contributed by atoms with van der Waals surface area (Å²) in [7, 11) is -6.91. The van der Waals surface area contributed by atoms with Crippen molar-refractivity contribution in [3.05, 3.63) is 29.8 Å². The zero-order chi connectivity index (χ0) is 21.7. The number of carbonyl (C=O) groups excluding carboxylic acids is 1. The standard InChI is InChI=1S/C19H31N3O5S2/c1-3-16(2)17-4-6-18(7-5-17)29(26,27)22-11-9-21(10-12-22)13-15-28(24,25)14-8-19(20)23/h4-7,16H,3,8-15H2,1-2H3,(H2,20,23). The van der Waals surface area contributed by atoms with Crippen molar-refractivity contribution >= 4 is 25.8 Å². The second-order valence-corrected chi connectivity index (χ2v) is 11.7. The van der Waals surface area contributed by atoms with Gasteiger partial charge >= 0.3 is 0 Å². The van der Waals surface area contributed by atoms with Crippen molar-refractivity contribution < 1.29 is 21.6 Å². The molecule has 2 rings (SSSR count). The molecule has 1 fully saturated rings. The summed E-state index contributed by atoms with van der Waals surface area (Å²) in [6, 6.07) is 7.06. The Bertz CT molecular complexity index is 890. The van der Waals surface area contributed by atoms with Crippen molar-refractivity contribution in [2.75, 3.05) is 44.2 Å². The van der Waals surface area contributed by atoms with E-state index in [-0.39, 0.29) is 22.8 Å². The summed E-state index contributed by atoms with van der Waals surface area (Å²) in [4.78, 5) is 13.0. The Labute approximate surface area is 174 Å². The Hall–Kier alpha value is -1.49. The number of rotatable bonds is 10. The van der Waals surface area contributed by atoms with Crippen molar-refractivity contribution in [2.45, 2.75) is 37.5 Å². The maximum absolute atomic E-state index is 12.9. The van der Waals surface area contributed by atoms with Gasteiger partial charge in [0.15, 0.2) is 9.84 Å². The molecule has 0 saturated carbocycles. The Morgan fingerprint density at radius 3 is 2.14 bits per heavy atom. The van der Waals surface area contributed by atoms with E-state index in [2.05, 4.69) is 13.8 Å². The predicted octanol–water partition coefficient (Wildman–Crippen LogP) is 0.797. The minimum absolute atomic E-state index is 0.0654. The number of nitrogens with zero attached hydrogens (tertiary/aromatic N) is 2. The average molecular weight is 446 g/mol. The molecule has 0 bridgehead atoms. The smallest absolute Gasteiger partial charge is 0.243 e. The number of primary amides is 1. The van der Waals surface area contributed by atoms with Crippen LogP contribution in [0.15, 0.2) is 29.2 Å². The molecule has 1 aromatic carbocycles. The van der Waals surface area contributed by atoms with Crippen LogP contribution in [0.2, 0.25) is 0 Å². The molecule has 1 amide bonds. The Morgan fingerprint density at radius 2 is 1.62 bits per heavy atom. The van der Waals surface area contributed by atoms with Crippen LogP contribution in [0.1, 0.15) is 38.2 Å². The fraction of sp³-hybridized carbons (Fsp3) is 0.632. The second kappa shape index (κ2) is 10.0. The third kappa shape index (κ3) is 6.77. The molecule has 0 radical (unpaired) electrons. The number of nitrogens with two attached hydrogens (primary N) is 1. The van der Waals surface area contributed by atoms with Crippen LogP contribution >= 0.6 is 0 Å². The number of sulfone groups is 1. The number of amides is 1. The first-order valence-corrected chi connectivity index (χ1v) is 13.1. The first kappa shape index (κ1) is 23.8. The first-order valence-electron chi connectivity index (χ1n) is 9.86. The van der Waals surface area contributed by atoms with Gasteiger partial charge in [0.05, 0.1) is 16.4 Å². The summed E-state index contributed by atoms with van der Waals surface area (Å²) in [6.07, 6.45) is 0.816. The average Bonchev–Trinajstić information content (AvgIpc) is 2.71. The molecule has 0 aromatic heterocycles. The quantitative estimate of drug-likeness (QED) is 0.569. The maximum Gasteiger partial charge on any atom is 0.243 e. The van der Waals surface area contributed by atoms with Gasteiger partial charge in [0.25, 0.3) is 0 Å². The van der Waals surface area contributed by atoms with Gasteiger partial charge in [-0.2, -0.15) is 4.31 Å². The van der Waals surface area contributed by atoms with Gasteiger partial charge in [-0.15, -0.1) is 0 Å². The highest BCUT2D eigenvalue weighted by atomic mass is 32.2. The van der Waals surface area contributed by atoms with Crippen molar-refractivity contribution in [1.82, 2.24) is 9.21 Å². The van der Waals surface area contributed by atoms with E-state index < -0.39 is 25.8 Å². The van der Waals surface area contributed by atoms with E-state index >= 15 is 0 Å². The number of sulfonamides is 1. The number of piperazine rings is 1. The zero-order valence-corrected chi connectivity index (χ0v) is 18.7. The molecule has 1 aromatic rings. The number of hydrogen-bond acceptors (Lipinski definition) is 6. The number of carbonyl (C=O) groups is 1. The molecule has 164 valence electrons. The van der Waals surface area contributed by atoms with Crippen LogP contribution < -0.4 is 5.73 Å². The highest BCUT2D eigenvalue weighted by Gasteiger charge is 2.29. The molecule has 1 heterocycles. The predicted molar refractivity (Wildman–Crippen MR) is 113 cm³/mol. The SMILES string of the molecule is CCC(C)c1ccc(S(=O)(=O)N2CCN(CCS(=O)(=O)CCC(N)=O)CC2)cc1. The summed E-state index contributed by atoms with van der Waals surface area (Å²) >= 11 is 0. The van der Waals surface area contributed by atoms with Gasteiger partial charge in [0.2, 0.25) is 15.9 Å². The van der Waals surface area contributed by atoms with Gasteiger partial charge in [-0.05, 0) is 30.0 Å². The van der Waals surface area contributed by atoms with Crippen LogP contribution in [0.25, 0.3) is 0 Å². The fourth-order valence-electron chi connectivity index (χ4n) is 3.17. The molecule has 1 aliphatic heterocycles. The summed E-state index contributed by atoms with van der Waals surface area (Å²) in [5.41, 5.74) is 6.12. The normalized spacial score (nSPS) is 17.9. The lowest BCUT2D eigenvalue weighted by atomic mass is 9.99. The lowest BCUT2D eigenvalue weighted by Crippen LogP contribution is -2.49. The van der Waals surface area contributed by atoms with Gasteiger partial charge in [-0.3, -0.25) is 9.69 Å². The third-order valence-corrected chi connectivity index (χ3v) is 8.95. The molecule has 1 saturated heterocycles. The minimum Gasteiger partial charge on any atom is -0.370 e. The summed E-state index contributed by atoms with van der Waals surface area (Å²) in [6.45, 7) is 6.09. The second-order valence-electron chi connectivity index (χ2n) is 7.49. The fourth-order valence-corrected chi connectivity index (χ4v) is 5.85. The lowest BCUT2D eigenvalue weighted by Gasteiger charge is -2.33. The van der Waals surface area contributed by atoms with E-state index in [9.17, 15) is 21.6 Å². The Kier molecular flexibility index (Phi) is 8.21. The van der Waals surface area contributed by atoms with E-state index in [0.29, 0.717) is 38.6 Å². The molecule has 10 heteroatoms. The molecule has 0 spiro atoms. The van der Waals surface area contributed by atoms with Crippen LogP contribution in [0.4, 0.5) is 0 Å². The monoisotopic (exact) mass is 445 g/mol. The third-order valence-electron chi connectivity index (χ3n) is 5.41. The molecular formula is C19H31N3O5S2. The van der Waals surface area contributed by atoms with Crippen LogP contribution in [-0.4, -0.2) is 76.2 Å². The molecule has 0 aliphatic carbocycles. The van der Waals surface area contributed by atoms with Crippen molar-refractivity contribution in [1.29, 1.82) is 0 Å². The molecule has 1 aliphatic rings. The largest absolute Gasteiger partial charge is 0.370 e. The van der Waals surface area contributed by atoms with E-state index in [0.717, 1.165) is 12.0 Å². The van der Waals surface area contributed by atoms with Gasteiger partial charge in [-0.25, -0.2) is 16.8 Å². The number of benzene rings is 1. The van der Waals surface area contributed by atoms with Crippen LogP contribution in [0.3, 0.4) is 0 Å². The highest BCUT2D eigenvalue weighted by molar-refractivity contribution is 7.91. The van der Waals surface area contributed by atoms with Crippen molar-refractivity contribution in [2.24, 2.45) is 5.73 Å². The van der Waals surface area contributed by atoms with Crippen molar-refractivity contribution in [3.8, 4) is 0 Å². The topological polar surface area (TPSA) is 118 Å². The summed E-state index contributed by atoms with van der Waals surface area (Å²) in [5, 5.41) is 0. The molecule has 1 unspecified atom stereocenters. The molecule has 2 N–H and O–H groups in total. The van der Waals surface area contributed by atoms with E-state index in [1.54, 1.807) is 12.1 Å². The maximum atomic E-state index is 12.9. The number of hydrogen-bond donors (Lipinski definition) is 1. The molecule has 8 nitrogen and oxygen atoms in total. The van der Waals surface area contributed by atoms with E-state index in [1.165, 1.54) is 4.31 Å². The summed E-state index contributed by atoms with van der Waals surface area (Å²) in [5.74, 6) is -0.563. The zero-order valence-electron chi connectivity index (χ0n) is 17.1.